The van der Waals surface area contributed by atoms with Crippen molar-refractivity contribution in [1.29, 1.82) is 0 Å². The average molecular weight is 509 g/mol. The molecular weight excluding hydrogens is 487 g/mol. The summed E-state index contributed by atoms with van der Waals surface area (Å²) in [7, 11) is 0. The Kier molecular flexibility index (Phi) is 5.98. The number of benzene rings is 2. The molecule has 0 bridgehead atoms. The number of aromatic nitrogens is 2. The Morgan fingerprint density at radius 3 is 2.47 bits per heavy atom. The maximum atomic E-state index is 10.8. The predicted molar refractivity (Wildman–Crippen MR) is 141 cm³/mol. The number of pyridine rings is 1. The van der Waals surface area contributed by atoms with Gasteiger partial charge in [-0.25, -0.2) is 0 Å². The van der Waals surface area contributed by atoms with E-state index in [4.69, 9.17) is 35.4 Å². The fourth-order valence-corrected chi connectivity index (χ4v) is 5.44. The minimum Gasteiger partial charge on any atom is -0.506 e. The molecule has 1 aliphatic rings. The van der Waals surface area contributed by atoms with Crippen LogP contribution < -0.4 is 10.2 Å². The van der Waals surface area contributed by atoms with Crippen LogP contribution in [0.2, 0.25) is 10.0 Å². The minimum atomic E-state index is -0.283. The van der Waals surface area contributed by atoms with Crippen LogP contribution in [0.1, 0.15) is 34.7 Å². The predicted octanol–water partition coefficient (Wildman–Crippen LogP) is 6.68. The zero-order chi connectivity index (χ0) is 24.0. The Hall–Kier alpha value is -3.06. The summed E-state index contributed by atoms with van der Waals surface area (Å²) in [6.07, 6.45) is 1.77. The molecule has 3 heterocycles. The van der Waals surface area contributed by atoms with E-state index >= 15 is 0 Å². The summed E-state index contributed by atoms with van der Waals surface area (Å²) in [4.78, 5) is 6.53. The second kappa shape index (κ2) is 8.95. The van der Waals surface area contributed by atoms with Crippen molar-refractivity contribution in [2.24, 2.45) is 0 Å². The molecule has 5 nitrogen and oxygen atoms in total. The van der Waals surface area contributed by atoms with Crippen molar-refractivity contribution < 1.29 is 5.11 Å². The Balaban J connectivity index is 1.72. The van der Waals surface area contributed by atoms with Crippen LogP contribution in [-0.4, -0.2) is 19.8 Å². The Morgan fingerprint density at radius 1 is 0.971 bits per heavy atom. The van der Waals surface area contributed by atoms with Crippen molar-refractivity contribution in [2.45, 2.75) is 25.9 Å². The molecule has 0 radical (unpaired) electrons. The van der Waals surface area contributed by atoms with E-state index in [-0.39, 0.29) is 17.8 Å². The molecule has 1 fully saturated rings. The summed E-state index contributed by atoms with van der Waals surface area (Å²) in [5.41, 5.74) is 5.39. The molecule has 2 N–H and O–H groups in total. The van der Waals surface area contributed by atoms with Gasteiger partial charge in [-0.3, -0.25) is 4.98 Å². The van der Waals surface area contributed by atoms with E-state index in [0.717, 1.165) is 28.3 Å². The fraction of sp³-hybridized carbons (Fsp3) is 0.154. The first kappa shape index (κ1) is 22.7. The summed E-state index contributed by atoms with van der Waals surface area (Å²) >= 11 is 18.7. The number of phenolic OH excluding ortho intramolecular Hbond substituents is 1. The Morgan fingerprint density at radius 2 is 1.74 bits per heavy atom. The van der Waals surface area contributed by atoms with Crippen molar-refractivity contribution in [3.63, 3.8) is 0 Å². The lowest BCUT2D eigenvalue weighted by atomic mass is 9.96. The first-order valence-corrected chi connectivity index (χ1v) is 12.0. The molecule has 0 saturated carbocycles. The zero-order valence-corrected chi connectivity index (χ0v) is 20.9. The van der Waals surface area contributed by atoms with Crippen LogP contribution >= 0.6 is 35.4 Å². The molecule has 0 amide bonds. The van der Waals surface area contributed by atoms with Gasteiger partial charge in [0.05, 0.1) is 34.2 Å². The number of hydrogen-bond acceptors (Lipinski definition) is 3. The fourth-order valence-electron chi connectivity index (χ4n) is 4.71. The molecule has 172 valence electrons. The van der Waals surface area contributed by atoms with Crippen LogP contribution in [0.3, 0.4) is 0 Å². The minimum absolute atomic E-state index is 0.0973. The highest BCUT2D eigenvalue weighted by atomic mass is 35.5. The average Bonchev–Trinajstić information content (AvgIpc) is 3.32. The molecule has 2 aromatic heterocycles. The van der Waals surface area contributed by atoms with Gasteiger partial charge in [0, 0.05) is 22.6 Å². The van der Waals surface area contributed by atoms with Crippen molar-refractivity contribution in [2.75, 3.05) is 4.90 Å². The number of nitrogens with zero attached hydrogens (tertiary/aromatic N) is 3. The number of anilines is 1. The van der Waals surface area contributed by atoms with Gasteiger partial charge in [-0.05, 0) is 80.2 Å². The Labute approximate surface area is 213 Å². The lowest BCUT2D eigenvalue weighted by Gasteiger charge is -2.28. The van der Waals surface area contributed by atoms with Crippen molar-refractivity contribution in [1.82, 2.24) is 14.9 Å². The topological polar surface area (TPSA) is 53.3 Å². The lowest BCUT2D eigenvalue weighted by molar-refractivity contribution is 0.472. The smallest absolute Gasteiger partial charge is 0.174 e. The second-order valence-corrected chi connectivity index (χ2v) is 9.47. The molecule has 1 aliphatic heterocycles. The Bertz CT molecular complexity index is 1390. The van der Waals surface area contributed by atoms with Gasteiger partial charge in [0.1, 0.15) is 5.75 Å². The largest absolute Gasteiger partial charge is 0.506 e. The summed E-state index contributed by atoms with van der Waals surface area (Å²) in [5.74, 6) is 0.0973. The van der Waals surface area contributed by atoms with Crippen molar-refractivity contribution in [3.05, 3.63) is 106 Å². The standard InChI is InChI=1S/C26H22Cl2N4OS/c1-15-13-18(16(2)31(15)21-9-4-3-7-19(21)28)25-24(20-8-5-6-12-29-20)30-26(34)32(25)22-14-17(27)10-11-23(22)33/h3-14,24-25,33H,1-2H3,(H,30,34). The van der Waals surface area contributed by atoms with Crippen LogP contribution in [0.15, 0.2) is 72.9 Å². The second-order valence-electron chi connectivity index (χ2n) is 8.24. The monoisotopic (exact) mass is 508 g/mol. The molecule has 0 aliphatic carbocycles. The third-order valence-corrected chi connectivity index (χ3v) is 7.05. The molecule has 8 heteroatoms. The number of thiocarbonyl (C=S) groups is 1. The highest BCUT2D eigenvalue weighted by molar-refractivity contribution is 7.80. The summed E-state index contributed by atoms with van der Waals surface area (Å²) in [6, 6.07) is 20.2. The lowest BCUT2D eigenvalue weighted by Crippen LogP contribution is -2.29. The van der Waals surface area contributed by atoms with E-state index in [0.29, 0.717) is 20.8 Å². The first-order chi connectivity index (χ1) is 16.4. The molecular formula is C26H22Cl2N4OS. The molecule has 2 unspecified atom stereocenters. The van der Waals surface area contributed by atoms with Gasteiger partial charge < -0.3 is 19.9 Å². The number of aromatic hydroxyl groups is 1. The first-order valence-electron chi connectivity index (χ1n) is 10.8. The molecule has 34 heavy (non-hydrogen) atoms. The van der Waals surface area contributed by atoms with Crippen molar-refractivity contribution in [3.8, 4) is 11.4 Å². The van der Waals surface area contributed by atoms with Gasteiger partial charge in [0.15, 0.2) is 5.11 Å². The van der Waals surface area contributed by atoms with Gasteiger partial charge in [-0.2, -0.15) is 0 Å². The third kappa shape index (κ3) is 3.82. The van der Waals surface area contributed by atoms with Crippen molar-refractivity contribution >= 4 is 46.2 Å². The van der Waals surface area contributed by atoms with Crippen LogP contribution in [0.25, 0.3) is 5.69 Å². The molecule has 1 saturated heterocycles. The van der Waals surface area contributed by atoms with Crippen LogP contribution in [0, 0.1) is 13.8 Å². The van der Waals surface area contributed by atoms with Gasteiger partial charge in [-0.1, -0.05) is 41.4 Å². The normalized spacial score (nSPS) is 17.8. The molecule has 5 rings (SSSR count). The van der Waals surface area contributed by atoms with Gasteiger partial charge >= 0.3 is 0 Å². The number of halogens is 2. The number of aryl methyl sites for hydroxylation is 1. The number of para-hydroxylation sites is 1. The molecule has 2 aromatic carbocycles. The van der Waals surface area contributed by atoms with E-state index in [1.165, 1.54) is 0 Å². The third-order valence-electron chi connectivity index (χ3n) is 6.18. The molecule has 2 atom stereocenters. The van der Waals surface area contributed by atoms with E-state index < -0.39 is 0 Å². The van der Waals surface area contributed by atoms with Crippen LogP contribution in [-0.2, 0) is 0 Å². The maximum Gasteiger partial charge on any atom is 0.174 e. The van der Waals surface area contributed by atoms with Gasteiger partial charge in [0.25, 0.3) is 0 Å². The van der Waals surface area contributed by atoms with E-state index in [2.05, 4.69) is 34.8 Å². The SMILES string of the molecule is Cc1cc(C2C(c3ccccn3)NC(=S)N2c2cc(Cl)ccc2O)c(C)n1-c1ccccc1Cl. The summed E-state index contributed by atoms with van der Waals surface area (Å²) < 4.78 is 2.14. The van der Waals surface area contributed by atoms with E-state index in [9.17, 15) is 5.11 Å². The van der Waals surface area contributed by atoms with Gasteiger partial charge in [0.2, 0.25) is 0 Å². The highest BCUT2D eigenvalue weighted by Crippen LogP contribution is 2.46. The van der Waals surface area contributed by atoms with E-state index in [1.54, 1.807) is 24.4 Å². The number of hydrogen-bond donors (Lipinski definition) is 2. The number of nitrogens with one attached hydrogen (secondary N) is 1. The molecule has 4 aromatic rings. The van der Waals surface area contributed by atoms with Gasteiger partial charge in [-0.15, -0.1) is 0 Å². The van der Waals surface area contributed by atoms with Crippen LogP contribution in [0.4, 0.5) is 5.69 Å². The van der Waals surface area contributed by atoms with Crippen LogP contribution in [0.5, 0.6) is 5.75 Å². The summed E-state index contributed by atoms with van der Waals surface area (Å²) in [6.45, 7) is 4.12. The highest BCUT2D eigenvalue weighted by Gasteiger charge is 2.43. The maximum absolute atomic E-state index is 10.8. The summed E-state index contributed by atoms with van der Waals surface area (Å²) in [5, 5.41) is 15.8. The zero-order valence-electron chi connectivity index (χ0n) is 18.5. The van der Waals surface area contributed by atoms with E-state index in [1.807, 2.05) is 47.4 Å². The number of phenols is 1. The quantitative estimate of drug-likeness (QED) is 0.301. The molecule has 0 spiro atoms. The number of rotatable bonds is 4.